The van der Waals surface area contributed by atoms with E-state index in [0.29, 0.717) is 31.3 Å². The lowest BCUT2D eigenvalue weighted by Gasteiger charge is -2.28. The number of morpholine rings is 1. The highest BCUT2D eigenvalue weighted by Gasteiger charge is 2.18. The zero-order chi connectivity index (χ0) is 22.7. The number of aromatic nitrogens is 3. The molecule has 0 amide bonds. The molecule has 0 aliphatic carbocycles. The Bertz CT molecular complexity index is 1120. The SMILES string of the molecule is CCc1cc(-c2noc(-c3cc(C)nc(N4CCOCC4)c3)n2)cc(C)c1CCC(=O)O. The van der Waals surface area contributed by atoms with Crippen LogP contribution < -0.4 is 4.90 Å². The molecule has 0 spiro atoms. The summed E-state index contributed by atoms with van der Waals surface area (Å²) in [5, 5.41) is 13.3. The van der Waals surface area contributed by atoms with Gasteiger partial charge in [-0.1, -0.05) is 12.1 Å². The maximum Gasteiger partial charge on any atom is 0.303 e. The number of ether oxygens (including phenoxy) is 1. The number of aliphatic carboxylic acids is 1. The van der Waals surface area contributed by atoms with Crippen molar-refractivity contribution in [2.45, 2.75) is 40.0 Å². The van der Waals surface area contributed by atoms with Gasteiger partial charge in [-0.15, -0.1) is 0 Å². The summed E-state index contributed by atoms with van der Waals surface area (Å²) in [7, 11) is 0. The second-order valence-electron chi connectivity index (χ2n) is 8.06. The van der Waals surface area contributed by atoms with Gasteiger partial charge in [-0.25, -0.2) is 4.98 Å². The number of rotatable bonds is 7. The molecule has 3 heterocycles. The summed E-state index contributed by atoms with van der Waals surface area (Å²) >= 11 is 0. The number of benzene rings is 1. The average Bonchev–Trinajstić information content (AvgIpc) is 3.28. The molecule has 1 aromatic carbocycles. The molecule has 0 unspecified atom stereocenters. The molecule has 8 nitrogen and oxygen atoms in total. The lowest BCUT2D eigenvalue weighted by Crippen LogP contribution is -2.36. The van der Waals surface area contributed by atoms with E-state index in [1.165, 1.54) is 0 Å². The molecular formula is C24H28N4O4. The molecule has 1 N–H and O–H groups in total. The first-order valence-corrected chi connectivity index (χ1v) is 10.9. The van der Waals surface area contributed by atoms with Gasteiger partial charge in [0.2, 0.25) is 5.82 Å². The molecule has 3 aromatic rings. The Hall–Kier alpha value is -3.26. The molecule has 32 heavy (non-hydrogen) atoms. The molecule has 2 aromatic heterocycles. The van der Waals surface area contributed by atoms with E-state index in [-0.39, 0.29) is 6.42 Å². The molecule has 1 aliphatic rings. The minimum atomic E-state index is -0.789. The van der Waals surface area contributed by atoms with Crippen LogP contribution in [0, 0.1) is 13.8 Å². The van der Waals surface area contributed by atoms with Crippen molar-refractivity contribution in [3.05, 3.63) is 46.6 Å². The van der Waals surface area contributed by atoms with Crippen molar-refractivity contribution in [3.63, 3.8) is 0 Å². The van der Waals surface area contributed by atoms with Crippen molar-refractivity contribution in [1.29, 1.82) is 0 Å². The van der Waals surface area contributed by atoms with Gasteiger partial charge in [-0.05, 0) is 67.6 Å². The third-order valence-electron chi connectivity index (χ3n) is 5.74. The summed E-state index contributed by atoms with van der Waals surface area (Å²) < 4.78 is 11.1. The Kier molecular flexibility index (Phi) is 6.50. The minimum absolute atomic E-state index is 0.117. The predicted molar refractivity (Wildman–Crippen MR) is 121 cm³/mol. The topological polar surface area (TPSA) is 102 Å². The second kappa shape index (κ2) is 9.48. The van der Waals surface area contributed by atoms with E-state index >= 15 is 0 Å². The van der Waals surface area contributed by atoms with Crippen LogP contribution >= 0.6 is 0 Å². The molecule has 0 saturated carbocycles. The smallest absolute Gasteiger partial charge is 0.303 e. The van der Waals surface area contributed by atoms with Gasteiger partial charge in [-0.2, -0.15) is 4.98 Å². The quantitative estimate of drug-likeness (QED) is 0.596. The first kappa shape index (κ1) is 22.0. The van der Waals surface area contributed by atoms with Crippen molar-refractivity contribution in [1.82, 2.24) is 15.1 Å². The predicted octanol–water partition coefficient (Wildman–Crippen LogP) is 3.83. The van der Waals surface area contributed by atoms with Crippen LogP contribution in [0.25, 0.3) is 22.8 Å². The van der Waals surface area contributed by atoms with Crippen molar-refractivity contribution in [2.75, 3.05) is 31.2 Å². The Balaban J connectivity index is 1.63. The van der Waals surface area contributed by atoms with E-state index in [1.807, 2.05) is 38.1 Å². The highest BCUT2D eigenvalue weighted by Crippen LogP contribution is 2.29. The van der Waals surface area contributed by atoms with E-state index in [0.717, 1.165) is 58.8 Å². The van der Waals surface area contributed by atoms with Gasteiger partial charge in [0.05, 0.1) is 13.2 Å². The summed E-state index contributed by atoms with van der Waals surface area (Å²) in [5.41, 5.74) is 5.83. The molecule has 1 aliphatic heterocycles. The number of carboxylic acids is 1. The largest absolute Gasteiger partial charge is 0.481 e. The molecule has 8 heteroatoms. The first-order chi connectivity index (χ1) is 15.4. The Morgan fingerprint density at radius 1 is 1.09 bits per heavy atom. The fraction of sp³-hybridized carbons (Fsp3) is 0.417. The molecular weight excluding hydrogens is 408 g/mol. The van der Waals surface area contributed by atoms with Crippen LogP contribution in [-0.2, 0) is 22.4 Å². The van der Waals surface area contributed by atoms with Crippen molar-refractivity contribution in [2.24, 2.45) is 0 Å². The van der Waals surface area contributed by atoms with Gasteiger partial charge in [0.15, 0.2) is 0 Å². The van der Waals surface area contributed by atoms with Crippen LogP contribution in [-0.4, -0.2) is 52.5 Å². The first-order valence-electron chi connectivity index (χ1n) is 10.9. The highest BCUT2D eigenvalue weighted by molar-refractivity contribution is 5.68. The Morgan fingerprint density at radius 2 is 1.88 bits per heavy atom. The fourth-order valence-electron chi connectivity index (χ4n) is 4.11. The average molecular weight is 437 g/mol. The van der Waals surface area contributed by atoms with Gasteiger partial charge in [0.1, 0.15) is 5.82 Å². The number of nitrogens with zero attached hydrogens (tertiary/aromatic N) is 4. The van der Waals surface area contributed by atoms with E-state index < -0.39 is 5.97 Å². The van der Waals surface area contributed by atoms with Gasteiger partial charge < -0.3 is 19.3 Å². The van der Waals surface area contributed by atoms with Crippen LogP contribution in [0.15, 0.2) is 28.8 Å². The number of aryl methyl sites for hydroxylation is 3. The lowest BCUT2D eigenvalue weighted by atomic mass is 9.93. The summed E-state index contributed by atoms with van der Waals surface area (Å²) in [4.78, 5) is 22.5. The van der Waals surface area contributed by atoms with E-state index in [2.05, 4.69) is 26.9 Å². The summed E-state index contributed by atoms with van der Waals surface area (Å²) in [6, 6.07) is 7.96. The van der Waals surface area contributed by atoms with E-state index in [1.54, 1.807) is 0 Å². The van der Waals surface area contributed by atoms with Crippen LogP contribution in [0.3, 0.4) is 0 Å². The number of anilines is 1. The molecule has 1 saturated heterocycles. The molecule has 0 bridgehead atoms. The molecule has 0 radical (unpaired) electrons. The van der Waals surface area contributed by atoms with Crippen LogP contribution in [0.5, 0.6) is 0 Å². The fourth-order valence-corrected chi connectivity index (χ4v) is 4.11. The molecule has 168 valence electrons. The second-order valence-corrected chi connectivity index (χ2v) is 8.06. The number of carbonyl (C=O) groups is 1. The van der Waals surface area contributed by atoms with Crippen LogP contribution in [0.2, 0.25) is 0 Å². The van der Waals surface area contributed by atoms with Crippen LogP contribution in [0.4, 0.5) is 5.82 Å². The Morgan fingerprint density at radius 3 is 2.59 bits per heavy atom. The summed E-state index contributed by atoms with van der Waals surface area (Å²) in [5.74, 6) is 1.06. The van der Waals surface area contributed by atoms with Crippen LogP contribution in [0.1, 0.15) is 35.7 Å². The van der Waals surface area contributed by atoms with Gasteiger partial charge >= 0.3 is 5.97 Å². The zero-order valence-corrected chi connectivity index (χ0v) is 18.7. The maximum absolute atomic E-state index is 11.0. The molecule has 1 fully saturated rings. The van der Waals surface area contributed by atoms with E-state index in [4.69, 9.17) is 14.4 Å². The Labute approximate surface area is 187 Å². The number of carboxylic acid groups (broad SMARTS) is 1. The maximum atomic E-state index is 11.0. The normalized spacial score (nSPS) is 14.0. The molecule has 4 rings (SSSR count). The third kappa shape index (κ3) is 4.80. The lowest BCUT2D eigenvalue weighted by molar-refractivity contribution is -0.136. The van der Waals surface area contributed by atoms with Crippen molar-refractivity contribution in [3.8, 4) is 22.8 Å². The zero-order valence-electron chi connectivity index (χ0n) is 18.7. The van der Waals surface area contributed by atoms with Crippen molar-refractivity contribution >= 4 is 11.8 Å². The molecule has 0 atom stereocenters. The third-order valence-corrected chi connectivity index (χ3v) is 5.74. The van der Waals surface area contributed by atoms with Gasteiger partial charge in [0.25, 0.3) is 5.89 Å². The van der Waals surface area contributed by atoms with Crippen molar-refractivity contribution < 1.29 is 19.2 Å². The van der Waals surface area contributed by atoms with E-state index in [9.17, 15) is 4.79 Å². The minimum Gasteiger partial charge on any atom is -0.481 e. The number of pyridine rings is 1. The number of hydrogen-bond acceptors (Lipinski definition) is 7. The van der Waals surface area contributed by atoms with Gasteiger partial charge in [-0.3, -0.25) is 4.79 Å². The number of hydrogen-bond donors (Lipinski definition) is 1. The highest BCUT2D eigenvalue weighted by atomic mass is 16.5. The summed E-state index contributed by atoms with van der Waals surface area (Å²) in [6.07, 6.45) is 1.44. The monoisotopic (exact) mass is 436 g/mol. The summed E-state index contributed by atoms with van der Waals surface area (Å²) in [6.45, 7) is 9.02. The standard InChI is InChI=1S/C24H28N4O4/c1-4-17-13-18(11-15(2)20(17)5-6-22(29)30)23-26-24(32-27-23)19-12-16(3)25-21(14-19)28-7-9-31-10-8-28/h11-14H,4-10H2,1-3H3,(H,29,30). The van der Waals surface area contributed by atoms with Gasteiger partial charge in [0, 0.05) is 36.3 Å².